The number of benzene rings is 2. The highest BCUT2D eigenvalue weighted by atomic mass is 32.2. The van der Waals surface area contributed by atoms with Crippen molar-refractivity contribution in [2.75, 3.05) is 18.2 Å². The molecule has 2 rings (SSSR count). The Morgan fingerprint density at radius 1 is 1.13 bits per heavy atom. The molecule has 4 N–H and O–H groups in total. The van der Waals surface area contributed by atoms with Crippen molar-refractivity contribution >= 4 is 33.1 Å². The average molecular weight is 442 g/mol. The zero-order chi connectivity index (χ0) is 22.9. The van der Waals surface area contributed by atoms with Gasteiger partial charge in [0.05, 0.1) is 16.1 Å². The zero-order valence-electron chi connectivity index (χ0n) is 16.5. The van der Waals surface area contributed by atoms with E-state index in [1.807, 2.05) is 0 Å². The van der Waals surface area contributed by atoms with Gasteiger partial charge in [-0.05, 0) is 48.4 Å². The summed E-state index contributed by atoms with van der Waals surface area (Å²) in [6, 6.07) is 6.95. The fourth-order valence-electron chi connectivity index (χ4n) is 2.85. The molecule has 0 fully saturated rings. The molecule has 2 aromatic carbocycles. The molecule has 0 saturated heterocycles. The fourth-order valence-corrected chi connectivity index (χ4v) is 3.76. The van der Waals surface area contributed by atoms with Crippen molar-refractivity contribution < 1.29 is 26.4 Å². The van der Waals surface area contributed by atoms with Gasteiger partial charge in [0.1, 0.15) is 0 Å². The Balaban J connectivity index is 2.66. The average Bonchev–Trinajstić information content (AvgIpc) is 2.64. The minimum absolute atomic E-state index is 0.0240. The van der Waals surface area contributed by atoms with Crippen molar-refractivity contribution in [3.63, 3.8) is 0 Å². The maximum atomic E-state index is 12.8. The Morgan fingerprint density at radius 3 is 2.13 bits per heavy atom. The van der Waals surface area contributed by atoms with Gasteiger partial charge in [-0.25, -0.2) is 8.42 Å². The van der Waals surface area contributed by atoms with Crippen LogP contribution < -0.4 is 16.4 Å². The van der Waals surface area contributed by atoms with Crippen LogP contribution in [0.15, 0.2) is 46.3 Å². The first-order valence-electron chi connectivity index (χ1n) is 8.67. The molecule has 7 nitrogen and oxygen atoms in total. The Kier molecular flexibility index (Phi) is 6.45. The first kappa shape index (κ1) is 23.2. The van der Waals surface area contributed by atoms with Crippen LogP contribution in [-0.4, -0.2) is 33.6 Å². The van der Waals surface area contributed by atoms with E-state index in [0.717, 1.165) is 18.4 Å². The molecule has 0 bridgehead atoms. The predicted octanol–water partition coefficient (Wildman–Crippen LogP) is 2.85. The van der Waals surface area contributed by atoms with Crippen LogP contribution in [0.25, 0.3) is 0 Å². The number of guanidine groups is 1. The second-order valence-electron chi connectivity index (χ2n) is 6.55. The highest BCUT2D eigenvalue weighted by Gasteiger charge is 2.30. The number of anilines is 2. The van der Waals surface area contributed by atoms with Crippen LogP contribution in [0, 0.1) is 0 Å². The van der Waals surface area contributed by atoms with Gasteiger partial charge in [0.15, 0.2) is 15.8 Å². The van der Waals surface area contributed by atoms with Gasteiger partial charge in [0.2, 0.25) is 0 Å². The molecule has 30 heavy (non-hydrogen) atoms. The lowest BCUT2D eigenvalue weighted by Crippen LogP contribution is -2.24. The van der Waals surface area contributed by atoms with Gasteiger partial charge in [-0.2, -0.15) is 18.2 Å². The van der Waals surface area contributed by atoms with E-state index in [-0.39, 0.29) is 16.1 Å². The number of aliphatic imine (C=N–C) groups is 1. The minimum Gasteiger partial charge on any atom is -0.370 e. The number of carbonyl (C=O) groups excluding carboxylic acids is 1. The lowest BCUT2D eigenvalue weighted by atomic mass is 10.0. The summed E-state index contributed by atoms with van der Waals surface area (Å²) in [4.78, 5) is 17.0. The van der Waals surface area contributed by atoms with Gasteiger partial charge < -0.3 is 16.4 Å². The van der Waals surface area contributed by atoms with Gasteiger partial charge in [-0.1, -0.05) is 6.92 Å². The van der Waals surface area contributed by atoms with Crippen LogP contribution in [0.1, 0.15) is 28.4 Å². The van der Waals surface area contributed by atoms with Crippen LogP contribution in [0.2, 0.25) is 0 Å². The van der Waals surface area contributed by atoms with E-state index in [2.05, 4.69) is 4.99 Å². The van der Waals surface area contributed by atoms with Gasteiger partial charge in [0, 0.05) is 24.6 Å². The molecule has 0 aliphatic carbocycles. The first-order chi connectivity index (χ1) is 13.8. The fraction of sp³-hybridized carbons (Fsp3) is 0.263. The normalized spacial score (nSPS) is 11.8. The summed E-state index contributed by atoms with van der Waals surface area (Å²) >= 11 is 0. The number of sulfone groups is 1. The Labute approximate surface area is 172 Å². The summed E-state index contributed by atoms with van der Waals surface area (Å²) in [6.07, 6.45) is -3.16. The number of amides is 1. The third kappa shape index (κ3) is 5.09. The molecule has 11 heteroatoms. The number of hydrogen-bond acceptors (Lipinski definition) is 4. The number of carbonyl (C=O) groups is 1. The lowest BCUT2D eigenvalue weighted by molar-refractivity contribution is -0.137. The first-order valence-corrected chi connectivity index (χ1v) is 10.6. The van der Waals surface area contributed by atoms with Crippen molar-refractivity contribution in [2.24, 2.45) is 16.5 Å². The van der Waals surface area contributed by atoms with Crippen LogP contribution in [0.5, 0.6) is 0 Å². The van der Waals surface area contributed by atoms with Gasteiger partial charge >= 0.3 is 6.18 Å². The third-order valence-electron chi connectivity index (χ3n) is 4.37. The number of aryl methyl sites for hydroxylation is 1. The summed E-state index contributed by atoms with van der Waals surface area (Å²) in [5.74, 6) is -1.26. The molecule has 0 spiro atoms. The standard InChI is InChI=1S/C19H21F3N4O3S/c1-4-11-9-15(26(2)13-7-5-12(6-8-13)19(20,21)22)16(30(3,28)29)10-14(11)17(27)25-18(23)24/h5-10H,4H2,1-3H3,(H4,23,24,25,27). The van der Waals surface area contributed by atoms with Crippen LogP contribution in [0.3, 0.4) is 0 Å². The predicted molar refractivity (Wildman–Crippen MR) is 109 cm³/mol. The molecule has 0 heterocycles. The van der Waals surface area contributed by atoms with Crippen LogP contribution in [0.4, 0.5) is 24.5 Å². The minimum atomic E-state index is -4.49. The highest BCUT2D eigenvalue weighted by molar-refractivity contribution is 7.90. The number of nitrogens with zero attached hydrogens (tertiary/aromatic N) is 2. The molecule has 1 amide bonds. The number of nitrogens with two attached hydrogens (primary N) is 2. The summed E-state index contributed by atoms with van der Waals surface area (Å²) in [7, 11) is -2.29. The third-order valence-corrected chi connectivity index (χ3v) is 5.50. The second-order valence-corrected chi connectivity index (χ2v) is 8.53. The Bertz CT molecular complexity index is 1090. The Hall–Kier alpha value is -3.08. The monoisotopic (exact) mass is 442 g/mol. The van der Waals surface area contributed by atoms with Crippen molar-refractivity contribution in [2.45, 2.75) is 24.4 Å². The van der Waals surface area contributed by atoms with Crippen molar-refractivity contribution in [1.29, 1.82) is 0 Å². The molecule has 0 atom stereocenters. The second kappa shape index (κ2) is 8.34. The summed E-state index contributed by atoms with van der Waals surface area (Å²) < 4.78 is 63.3. The zero-order valence-corrected chi connectivity index (χ0v) is 17.3. The molecule has 0 aromatic heterocycles. The van der Waals surface area contributed by atoms with Crippen LogP contribution in [-0.2, 0) is 22.4 Å². The van der Waals surface area contributed by atoms with Crippen molar-refractivity contribution in [1.82, 2.24) is 0 Å². The summed E-state index contributed by atoms with van der Waals surface area (Å²) in [6.45, 7) is 1.75. The molecule has 0 unspecified atom stereocenters. The number of alkyl halides is 3. The van der Waals surface area contributed by atoms with Crippen LogP contribution >= 0.6 is 0 Å². The largest absolute Gasteiger partial charge is 0.416 e. The molecule has 0 saturated carbocycles. The molecular weight excluding hydrogens is 421 g/mol. The van der Waals surface area contributed by atoms with Crippen molar-refractivity contribution in [3.05, 3.63) is 53.1 Å². The molecule has 0 aliphatic rings. The molecule has 162 valence electrons. The quantitative estimate of drug-likeness (QED) is 0.543. The van der Waals surface area contributed by atoms with E-state index in [1.165, 1.54) is 36.2 Å². The molecule has 2 aromatic rings. The van der Waals surface area contributed by atoms with Gasteiger partial charge in [0.25, 0.3) is 5.91 Å². The number of hydrogen-bond donors (Lipinski definition) is 2. The SMILES string of the molecule is CCc1cc(N(C)c2ccc(C(F)(F)F)cc2)c(S(C)(=O)=O)cc1C(=O)N=C(N)N. The summed E-state index contributed by atoms with van der Waals surface area (Å²) in [5.41, 5.74) is 10.7. The van der Waals surface area contributed by atoms with Gasteiger partial charge in [-0.15, -0.1) is 0 Å². The van der Waals surface area contributed by atoms with E-state index in [4.69, 9.17) is 11.5 Å². The summed E-state index contributed by atoms with van der Waals surface area (Å²) in [5, 5.41) is 0. The van der Waals surface area contributed by atoms with E-state index in [9.17, 15) is 26.4 Å². The van der Waals surface area contributed by atoms with E-state index < -0.39 is 33.4 Å². The number of halogens is 3. The lowest BCUT2D eigenvalue weighted by Gasteiger charge is -2.24. The van der Waals surface area contributed by atoms with Crippen molar-refractivity contribution in [3.8, 4) is 0 Å². The van der Waals surface area contributed by atoms with E-state index in [1.54, 1.807) is 6.92 Å². The smallest absolute Gasteiger partial charge is 0.370 e. The highest BCUT2D eigenvalue weighted by Crippen LogP contribution is 2.35. The van der Waals surface area contributed by atoms with E-state index in [0.29, 0.717) is 17.7 Å². The van der Waals surface area contributed by atoms with E-state index >= 15 is 0 Å². The molecular formula is C19H21F3N4O3S. The number of rotatable bonds is 5. The maximum Gasteiger partial charge on any atom is 0.416 e. The topological polar surface area (TPSA) is 119 Å². The maximum absolute atomic E-state index is 12.8. The Morgan fingerprint density at radius 2 is 1.70 bits per heavy atom. The molecule has 0 aliphatic heterocycles. The molecule has 0 radical (unpaired) electrons. The van der Waals surface area contributed by atoms with Gasteiger partial charge in [-0.3, -0.25) is 4.79 Å².